The van der Waals surface area contributed by atoms with E-state index in [4.69, 9.17) is 11.6 Å². The minimum absolute atomic E-state index is 0.0211. The number of amides is 1. The van der Waals surface area contributed by atoms with Gasteiger partial charge in [-0.2, -0.15) is 5.10 Å². The van der Waals surface area contributed by atoms with Gasteiger partial charge in [-0.1, -0.05) is 36.4 Å². The molecule has 0 aliphatic carbocycles. The number of nitrogens with one attached hydrogen (secondary N) is 1. The molecule has 0 saturated carbocycles. The van der Waals surface area contributed by atoms with Crippen LogP contribution < -0.4 is 5.32 Å². The fourth-order valence-corrected chi connectivity index (χ4v) is 2.77. The molecule has 0 radical (unpaired) electrons. The highest BCUT2D eigenvalue weighted by Crippen LogP contribution is 2.30. The minimum Gasteiger partial charge on any atom is -0.326 e. The number of halogens is 1. The zero-order valence-electron chi connectivity index (χ0n) is 13.4. The Bertz CT molecular complexity index is 861. The third-order valence-corrected chi connectivity index (χ3v) is 4.21. The summed E-state index contributed by atoms with van der Waals surface area (Å²) in [6, 6.07) is 5.77. The maximum atomic E-state index is 11.4. The first kappa shape index (κ1) is 16.3. The fourth-order valence-electron chi connectivity index (χ4n) is 2.59. The highest BCUT2D eigenvalue weighted by atomic mass is 35.5. The molecule has 24 heavy (non-hydrogen) atoms. The lowest BCUT2D eigenvalue weighted by Crippen LogP contribution is -2.03. The second kappa shape index (κ2) is 6.89. The number of hydrogen-bond acceptors (Lipinski definition) is 2. The van der Waals surface area contributed by atoms with Gasteiger partial charge in [0, 0.05) is 24.0 Å². The molecule has 122 valence electrons. The van der Waals surface area contributed by atoms with Crippen LogP contribution >= 0.6 is 11.6 Å². The van der Waals surface area contributed by atoms with Gasteiger partial charge in [-0.05, 0) is 46.9 Å². The molecule has 0 atom stereocenters. The number of aryl methyl sites for hydroxylation is 1. The molecule has 0 saturated heterocycles. The van der Waals surface area contributed by atoms with Gasteiger partial charge in [0.15, 0.2) is 0 Å². The van der Waals surface area contributed by atoms with Crippen molar-refractivity contribution in [1.29, 1.82) is 0 Å². The SMILES string of the molecule is C=C(/C(Cl)=C\C=C/Cc1cnn(C)c1)c1ccc2c(c1)CC(=O)N2. The summed E-state index contributed by atoms with van der Waals surface area (Å²) in [5.41, 5.74) is 4.66. The maximum absolute atomic E-state index is 11.4. The van der Waals surface area contributed by atoms with Crippen LogP contribution in [0.25, 0.3) is 5.57 Å². The Labute approximate surface area is 146 Å². The van der Waals surface area contributed by atoms with Gasteiger partial charge in [-0.3, -0.25) is 9.48 Å². The largest absolute Gasteiger partial charge is 0.326 e. The third-order valence-electron chi connectivity index (χ3n) is 3.86. The summed E-state index contributed by atoms with van der Waals surface area (Å²) in [6.07, 6.45) is 10.8. The highest BCUT2D eigenvalue weighted by molar-refractivity contribution is 6.37. The van der Waals surface area contributed by atoms with Crippen molar-refractivity contribution in [2.75, 3.05) is 5.32 Å². The topological polar surface area (TPSA) is 46.9 Å². The second-order valence-electron chi connectivity index (χ2n) is 5.74. The Morgan fingerprint density at radius 1 is 1.50 bits per heavy atom. The lowest BCUT2D eigenvalue weighted by atomic mass is 10.0. The first-order valence-electron chi connectivity index (χ1n) is 7.65. The Morgan fingerprint density at radius 2 is 2.33 bits per heavy atom. The van der Waals surface area contributed by atoms with Crippen LogP contribution in [0.4, 0.5) is 5.69 Å². The summed E-state index contributed by atoms with van der Waals surface area (Å²) in [7, 11) is 1.90. The molecule has 5 heteroatoms. The number of carbonyl (C=O) groups is 1. The highest BCUT2D eigenvalue weighted by Gasteiger charge is 2.18. The number of nitrogens with zero attached hydrogens (tertiary/aromatic N) is 2. The summed E-state index contributed by atoms with van der Waals surface area (Å²) in [5.74, 6) is 0.0211. The molecule has 2 heterocycles. The van der Waals surface area contributed by atoms with Gasteiger partial charge >= 0.3 is 0 Å². The van der Waals surface area contributed by atoms with Gasteiger partial charge in [0.25, 0.3) is 0 Å². The molecule has 4 nitrogen and oxygen atoms in total. The number of carbonyl (C=O) groups excluding carboxylic acids is 1. The van der Waals surface area contributed by atoms with E-state index in [9.17, 15) is 4.79 Å². The molecule has 1 amide bonds. The number of allylic oxidation sites excluding steroid dienone is 5. The van der Waals surface area contributed by atoms with E-state index in [-0.39, 0.29) is 5.91 Å². The average molecular weight is 340 g/mol. The summed E-state index contributed by atoms with van der Waals surface area (Å²) in [5, 5.41) is 7.53. The van der Waals surface area contributed by atoms with Crippen LogP contribution in [0.5, 0.6) is 0 Å². The summed E-state index contributed by atoms with van der Waals surface area (Å²) >= 11 is 6.34. The number of aromatic nitrogens is 2. The van der Waals surface area contributed by atoms with Crippen LogP contribution in [0.1, 0.15) is 16.7 Å². The molecule has 1 aliphatic heterocycles. The Morgan fingerprint density at radius 3 is 3.08 bits per heavy atom. The molecule has 2 aromatic rings. The van der Waals surface area contributed by atoms with Crippen LogP contribution in [0.2, 0.25) is 0 Å². The van der Waals surface area contributed by atoms with E-state index in [0.29, 0.717) is 11.5 Å². The number of rotatable bonds is 5. The van der Waals surface area contributed by atoms with Crippen LogP contribution in [0.15, 0.2) is 60.4 Å². The quantitative estimate of drug-likeness (QED) is 0.841. The molecule has 3 rings (SSSR count). The third kappa shape index (κ3) is 3.66. The average Bonchev–Trinajstić information content (AvgIpc) is 3.14. The van der Waals surface area contributed by atoms with Crippen molar-refractivity contribution in [3.05, 3.63) is 77.1 Å². The number of anilines is 1. The smallest absolute Gasteiger partial charge is 0.228 e. The van der Waals surface area contributed by atoms with E-state index in [1.54, 1.807) is 4.68 Å². The zero-order chi connectivity index (χ0) is 17.1. The molecular formula is C19H18ClN3O. The standard InChI is InChI=1S/C19H18ClN3O/c1-13(15-7-8-18-16(9-15)10-19(24)22-18)17(20)6-4-3-5-14-11-21-23(2)12-14/h3-4,6-9,11-12H,1,5,10H2,2H3,(H,22,24)/b4-3-,17-6+. The van der Waals surface area contributed by atoms with Crippen molar-refractivity contribution in [2.24, 2.45) is 7.05 Å². The first-order chi connectivity index (χ1) is 11.5. The van der Waals surface area contributed by atoms with Crippen LogP contribution in [0, 0.1) is 0 Å². The molecule has 1 aliphatic rings. The van der Waals surface area contributed by atoms with Crippen LogP contribution in [-0.2, 0) is 24.7 Å². The van der Waals surface area contributed by atoms with Crippen molar-refractivity contribution in [3.63, 3.8) is 0 Å². The lowest BCUT2D eigenvalue weighted by molar-refractivity contribution is -0.115. The zero-order valence-corrected chi connectivity index (χ0v) is 14.2. The van der Waals surface area contributed by atoms with Gasteiger partial charge in [0.1, 0.15) is 0 Å². The van der Waals surface area contributed by atoms with E-state index in [0.717, 1.165) is 34.4 Å². The van der Waals surface area contributed by atoms with Crippen molar-refractivity contribution in [3.8, 4) is 0 Å². The second-order valence-corrected chi connectivity index (χ2v) is 6.15. The van der Waals surface area contributed by atoms with Crippen molar-refractivity contribution >= 4 is 28.8 Å². The molecule has 0 bridgehead atoms. The molecule has 1 aromatic heterocycles. The molecule has 1 aromatic carbocycles. The number of benzene rings is 1. The first-order valence-corrected chi connectivity index (χ1v) is 8.03. The molecule has 0 fully saturated rings. The van der Waals surface area contributed by atoms with E-state index in [2.05, 4.69) is 17.0 Å². The summed E-state index contributed by atoms with van der Waals surface area (Å²) in [4.78, 5) is 11.4. The minimum atomic E-state index is 0.0211. The predicted molar refractivity (Wildman–Crippen MR) is 97.8 cm³/mol. The molecule has 1 N–H and O–H groups in total. The lowest BCUT2D eigenvalue weighted by Gasteiger charge is -2.06. The monoisotopic (exact) mass is 339 g/mol. The normalized spacial score (nSPS) is 14.1. The Balaban J connectivity index is 1.66. The number of fused-ring (bicyclic) bond motifs is 1. The molecule has 0 unspecified atom stereocenters. The van der Waals surface area contributed by atoms with E-state index in [1.807, 2.05) is 55.9 Å². The van der Waals surface area contributed by atoms with Crippen molar-refractivity contribution in [2.45, 2.75) is 12.8 Å². The van der Waals surface area contributed by atoms with Gasteiger partial charge in [0.2, 0.25) is 5.91 Å². The fraction of sp³-hybridized carbons (Fsp3) is 0.158. The Kier molecular flexibility index (Phi) is 4.67. The van der Waals surface area contributed by atoms with Gasteiger partial charge < -0.3 is 5.32 Å². The number of hydrogen-bond donors (Lipinski definition) is 1. The molecular weight excluding hydrogens is 322 g/mol. The van der Waals surface area contributed by atoms with Gasteiger partial charge in [0.05, 0.1) is 12.6 Å². The molecule has 0 spiro atoms. The summed E-state index contributed by atoms with van der Waals surface area (Å²) < 4.78 is 1.78. The van der Waals surface area contributed by atoms with E-state index in [1.165, 1.54) is 0 Å². The van der Waals surface area contributed by atoms with Gasteiger partial charge in [-0.25, -0.2) is 0 Å². The van der Waals surface area contributed by atoms with Gasteiger partial charge in [-0.15, -0.1) is 0 Å². The van der Waals surface area contributed by atoms with E-state index >= 15 is 0 Å². The Hall–Kier alpha value is -2.59. The predicted octanol–water partition coefficient (Wildman–Crippen LogP) is 3.85. The summed E-state index contributed by atoms with van der Waals surface area (Å²) in [6.45, 7) is 4.06. The van der Waals surface area contributed by atoms with Crippen molar-refractivity contribution < 1.29 is 4.79 Å². The van der Waals surface area contributed by atoms with Crippen LogP contribution in [-0.4, -0.2) is 15.7 Å². The maximum Gasteiger partial charge on any atom is 0.228 e. The van der Waals surface area contributed by atoms with E-state index < -0.39 is 0 Å². The van der Waals surface area contributed by atoms with Crippen molar-refractivity contribution in [1.82, 2.24) is 9.78 Å². The van der Waals surface area contributed by atoms with Crippen LogP contribution in [0.3, 0.4) is 0 Å².